The summed E-state index contributed by atoms with van der Waals surface area (Å²) in [4.78, 5) is 11.9. The Morgan fingerprint density at radius 1 is 1.07 bits per heavy atom. The fourth-order valence-electron chi connectivity index (χ4n) is 2.22. The molecule has 0 heterocycles. The number of methoxy groups -OCH3 is 1. The first-order valence-corrected chi connectivity index (χ1v) is 9.16. The van der Waals surface area contributed by atoms with Gasteiger partial charge in [0.2, 0.25) is 5.91 Å². The van der Waals surface area contributed by atoms with E-state index in [4.69, 9.17) is 27.9 Å². The summed E-state index contributed by atoms with van der Waals surface area (Å²) in [5.74, 6) is 0.529. The summed E-state index contributed by atoms with van der Waals surface area (Å²) in [5, 5.41) is 4.16. The minimum atomic E-state index is -0.172. The number of benzene rings is 2. The second-order valence-corrected chi connectivity index (χ2v) is 6.66. The van der Waals surface area contributed by atoms with Crippen LogP contribution in [0, 0.1) is 0 Å². The molecule has 2 aromatic carbocycles. The number of allylic oxidation sites excluding steroid dienone is 2. The van der Waals surface area contributed by atoms with Crippen LogP contribution in [0.1, 0.15) is 18.1 Å². The Morgan fingerprint density at radius 3 is 2.48 bits per heavy atom. The van der Waals surface area contributed by atoms with E-state index in [1.165, 1.54) is 6.08 Å². The van der Waals surface area contributed by atoms with Crippen LogP contribution in [0.25, 0.3) is 12.2 Å². The number of hydrogen-bond acceptors (Lipinski definition) is 2. The van der Waals surface area contributed by atoms with Gasteiger partial charge in [-0.05, 0) is 48.4 Å². The third kappa shape index (κ3) is 7.33. The van der Waals surface area contributed by atoms with Gasteiger partial charge in [-0.3, -0.25) is 4.79 Å². The second-order valence-electron chi connectivity index (χ2n) is 5.81. The third-order valence-corrected chi connectivity index (χ3v) is 4.24. The molecule has 0 saturated heterocycles. The smallest absolute Gasteiger partial charge is 0.244 e. The van der Waals surface area contributed by atoms with Crippen LogP contribution in [-0.4, -0.2) is 19.1 Å². The number of carbonyl (C=O) groups excluding carboxylic acids is 1. The molecular weight excluding hydrogens is 381 g/mol. The Labute approximate surface area is 170 Å². The molecule has 1 N–H and O–H groups in total. The standard InChI is InChI=1S/C22H21Cl2NO2/c1-16(7-8-17-9-12-19(23)13-10-17)25-22(26)6-4-3-5-18-11-14-20(27-2)15-21(18)24/h3-16H,1-2H3,(H,25,26)/b5-3+,6-4+,8-7-/t16-/m1/s1. The van der Waals surface area contributed by atoms with Crippen LogP contribution in [0.15, 0.2) is 66.8 Å². The Hall–Kier alpha value is -2.49. The number of halogens is 2. The lowest BCUT2D eigenvalue weighted by Crippen LogP contribution is -2.29. The zero-order chi connectivity index (χ0) is 19.6. The van der Waals surface area contributed by atoms with Crippen molar-refractivity contribution >= 4 is 41.3 Å². The predicted octanol–water partition coefficient (Wildman–Crippen LogP) is 5.79. The molecule has 0 aliphatic carbocycles. The van der Waals surface area contributed by atoms with E-state index in [1.807, 2.05) is 61.5 Å². The lowest BCUT2D eigenvalue weighted by atomic mass is 10.2. The number of carbonyl (C=O) groups is 1. The number of amides is 1. The highest BCUT2D eigenvalue weighted by Crippen LogP contribution is 2.23. The zero-order valence-corrected chi connectivity index (χ0v) is 16.7. The number of hydrogen-bond donors (Lipinski definition) is 1. The molecule has 5 heteroatoms. The maximum atomic E-state index is 11.9. The van der Waals surface area contributed by atoms with E-state index in [0.717, 1.165) is 11.1 Å². The molecule has 1 amide bonds. The number of nitrogens with one attached hydrogen (secondary N) is 1. The summed E-state index contributed by atoms with van der Waals surface area (Å²) in [7, 11) is 1.59. The molecule has 3 nitrogen and oxygen atoms in total. The van der Waals surface area contributed by atoms with E-state index < -0.39 is 0 Å². The zero-order valence-electron chi connectivity index (χ0n) is 15.2. The molecule has 0 aliphatic heterocycles. The maximum absolute atomic E-state index is 11.9. The summed E-state index contributed by atoms with van der Waals surface area (Å²) >= 11 is 12.0. The van der Waals surface area contributed by atoms with Gasteiger partial charge in [-0.1, -0.05) is 65.7 Å². The van der Waals surface area contributed by atoms with Gasteiger partial charge in [0.1, 0.15) is 5.75 Å². The quantitative estimate of drug-likeness (QED) is 0.470. The van der Waals surface area contributed by atoms with Crippen molar-refractivity contribution < 1.29 is 9.53 Å². The van der Waals surface area contributed by atoms with Crippen molar-refractivity contribution in [3.05, 3.63) is 87.9 Å². The molecule has 27 heavy (non-hydrogen) atoms. The number of rotatable bonds is 7. The first-order valence-electron chi connectivity index (χ1n) is 8.40. The van der Waals surface area contributed by atoms with E-state index in [-0.39, 0.29) is 11.9 Å². The second kappa shape index (κ2) is 10.6. The van der Waals surface area contributed by atoms with E-state index >= 15 is 0 Å². The lowest BCUT2D eigenvalue weighted by molar-refractivity contribution is -0.116. The van der Waals surface area contributed by atoms with Gasteiger partial charge in [-0.15, -0.1) is 0 Å². The van der Waals surface area contributed by atoms with Crippen molar-refractivity contribution in [3.8, 4) is 5.75 Å². The summed E-state index contributed by atoms with van der Waals surface area (Å²) in [6.07, 6.45) is 10.6. The van der Waals surface area contributed by atoms with Crippen molar-refractivity contribution in [2.45, 2.75) is 13.0 Å². The summed E-state index contributed by atoms with van der Waals surface area (Å²) in [6, 6.07) is 12.8. The van der Waals surface area contributed by atoms with Crippen LogP contribution >= 0.6 is 23.2 Å². The molecule has 0 spiro atoms. The molecule has 0 aromatic heterocycles. The van der Waals surface area contributed by atoms with E-state index in [0.29, 0.717) is 15.8 Å². The third-order valence-electron chi connectivity index (χ3n) is 3.66. The van der Waals surface area contributed by atoms with Crippen LogP contribution in [0.5, 0.6) is 5.75 Å². The molecule has 0 fully saturated rings. The van der Waals surface area contributed by atoms with E-state index in [2.05, 4.69) is 5.32 Å². The average molecular weight is 402 g/mol. The van der Waals surface area contributed by atoms with Gasteiger partial charge in [-0.25, -0.2) is 0 Å². The van der Waals surface area contributed by atoms with Crippen LogP contribution in [-0.2, 0) is 4.79 Å². The molecule has 1 atom stereocenters. The van der Waals surface area contributed by atoms with Gasteiger partial charge in [0.25, 0.3) is 0 Å². The Bertz CT molecular complexity index is 855. The molecule has 2 rings (SSSR count). The fraction of sp³-hybridized carbons (Fsp3) is 0.136. The predicted molar refractivity (Wildman–Crippen MR) is 114 cm³/mol. The minimum Gasteiger partial charge on any atom is -0.497 e. The van der Waals surface area contributed by atoms with Gasteiger partial charge < -0.3 is 10.1 Å². The molecule has 0 aliphatic rings. The van der Waals surface area contributed by atoms with Crippen molar-refractivity contribution in [1.82, 2.24) is 5.32 Å². The first-order chi connectivity index (χ1) is 13.0. The van der Waals surface area contributed by atoms with Crippen LogP contribution in [0.4, 0.5) is 0 Å². The van der Waals surface area contributed by atoms with Crippen molar-refractivity contribution in [3.63, 3.8) is 0 Å². The van der Waals surface area contributed by atoms with Gasteiger partial charge in [0.05, 0.1) is 12.1 Å². The maximum Gasteiger partial charge on any atom is 0.244 e. The van der Waals surface area contributed by atoms with Gasteiger partial charge in [-0.2, -0.15) is 0 Å². The molecule has 0 bridgehead atoms. The Morgan fingerprint density at radius 2 is 1.81 bits per heavy atom. The summed E-state index contributed by atoms with van der Waals surface area (Å²) in [6.45, 7) is 1.91. The highest BCUT2D eigenvalue weighted by molar-refractivity contribution is 6.32. The van der Waals surface area contributed by atoms with Crippen LogP contribution < -0.4 is 10.1 Å². The first kappa shape index (κ1) is 20.8. The normalized spacial score (nSPS) is 12.7. The Kier molecular flexibility index (Phi) is 8.18. The Balaban J connectivity index is 1.84. The van der Waals surface area contributed by atoms with Gasteiger partial charge >= 0.3 is 0 Å². The van der Waals surface area contributed by atoms with Crippen LogP contribution in [0.2, 0.25) is 10.0 Å². The van der Waals surface area contributed by atoms with Gasteiger partial charge in [0.15, 0.2) is 0 Å². The van der Waals surface area contributed by atoms with Crippen LogP contribution in [0.3, 0.4) is 0 Å². The average Bonchev–Trinajstić information content (AvgIpc) is 2.65. The lowest BCUT2D eigenvalue weighted by Gasteiger charge is -2.07. The summed E-state index contributed by atoms with van der Waals surface area (Å²) in [5.41, 5.74) is 1.87. The molecule has 2 aromatic rings. The highest BCUT2D eigenvalue weighted by atomic mass is 35.5. The monoisotopic (exact) mass is 401 g/mol. The molecule has 0 unspecified atom stereocenters. The molecular formula is C22H21Cl2NO2. The largest absolute Gasteiger partial charge is 0.497 e. The number of ether oxygens (including phenoxy) is 1. The van der Waals surface area contributed by atoms with Crippen molar-refractivity contribution in [2.24, 2.45) is 0 Å². The van der Waals surface area contributed by atoms with Crippen molar-refractivity contribution in [1.29, 1.82) is 0 Å². The van der Waals surface area contributed by atoms with E-state index in [1.54, 1.807) is 25.3 Å². The van der Waals surface area contributed by atoms with Gasteiger partial charge in [0, 0.05) is 17.1 Å². The minimum absolute atomic E-state index is 0.0992. The summed E-state index contributed by atoms with van der Waals surface area (Å²) < 4.78 is 5.11. The highest BCUT2D eigenvalue weighted by Gasteiger charge is 2.00. The van der Waals surface area contributed by atoms with Crippen molar-refractivity contribution in [2.75, 3.05) is 7.11 Å². The molecule has 0 radical (unpaired) electrons. The SMILES string of the molecule is COc1ccc(/C=C/C=C/C(=O)N[C@H](C)/C=C\c2ccc(Cl)cc2)c(Cl)c1. The molecule has 0 saturated carbocycles. The molecule has 140 valence electrons. The van der Waals surface area contributed by atoms with E-state index in [9.17, 15) is 4.79 Å². The fourth-order valence-corrected chi connectivity index (χ4v) is 2.58. The topological polar surface area (TPSA) is 38.3 Å².